The number of aliphatic hydroxyl groups is 1. The minimum absolute atomic E-state index is 0.0925. The average Bonchev–Trinajstić information content (AvgIpc) is 3.57. The molecule has 5 heterocycles. The Balaban J connectivity index is 1.24. The van der Waals surface area contributed by atoms with Gasteiger partial charge in [0.2, 0.25) is 5.91 Å². The number of benzene rings is 2. The van der Waals surface area contributed by atoms with Gasteiger partial charge in [-0.1, -0.05) is 63.9 Å². The molecule has 3 aliphatic heterocycles. The molecule has 3 N–H and O–H groups in total. The van der Waals surface area contributed by atoms with E-state index in [2.05, 4.69) is 84.3 Å². The second-order valence-electron chi connectivity index (χ2n) is 20.4. The summed E-state index contributed by atoms with van der Waals surface area (Å²) in [7, 11) is 2.07. The lowest BCUT2D eigenvalue weighted by molar-refractivity contribution is -0.158. The third-order valence-electron chi connectivity index (χ3n) is 13.3. The van der Waals surface area contributed by atoms with Gasteiger partial charge < -0.3 is 34.1 Å². The summed E-state index contributed by atoms with van der Waals surface area (Å²) in [6.07, 6.45) is 3.18. The first-order valence-corrected chi connectivity index (χ1v) is 24.7. The highest BCUT2D eigenvalue weighted by molar-refractivity contribution is 6.27. The number of cyclic esters (lactones) is 1. The summed E-state index contributed by atoms with van der Waals surface area (Å²) < 4.78 is 20.6. The first-order valence-electron chi connectivity index (χ1n) is 23.7. The van der Waals surface area contributed by atoms with E-state index in [1.807, 2.05) is 39.0 Å². The van der Waals surface area contributed by atoms with Crippen LogP contribution in [-0.4, -0.2) is 121 Å². The Morgan fingerprint density at radius 1 is 1.09 bits per heavy atom. The molecule has 67 heavy (non-hydrogen) atoms. The van der Waals surface area contributed by atoms with Crippen LogP contribution in [0.3, 0.4) is 0 Å². The summed E-state index contributed by atoms with van der Waals surface area (Å²) in [4.78, 5) is 62.2. The van der Waals surface area contributed by atoms with Crippen molar-refractivity contribution in [1.29, 1.82) is 0 Å². The molecule has 14 nitrogen and oxygen atoms in total. The van der Waals surface area contributed by atoms with Gasteiger partial charge in [0.05, 0.1) is 42.7 Å². The topological polar surface area (TPSA) is 165 Å². The predicted molar refractivity (Wildman–Crippen MR) is 261 cm³/mol. The van der Waals surface area contributed by atoms with Crippen molar-refractivity contribution in [3.05, 3.63) is 77.6 Å². The standard InChI is InChI=1S/C52H68N6O8Si/c1-10-57-43-18-17-36-26-39(43)40(46(57)38-16-12-22-53-45(38)33(4)64-9)27-50(5,6)31-66-49(62)52(67)20-13-23-58(55-52)48(61)42(25-34-14-11-15-35(36)24-34)54-47(60)41(32(2)3)30-65-37-28-56(29-37)44(59)19-21-51(7,8)63/h11-12,14-18,22,24,26,32-33,37,41-42,55,63H,10,13,20,23,25,27-31H2,1-9,67H3,(H,54,60)/t33-,41-,42-,52-/m0/s1. The number of aromatic nitrogens is 2. The molecule has 0 aliphatic carbocycles. The molecular weight excluding hydrogens is 865 g/mol. The van der Waals surface area contributed by atoms with E-state index in [4.69, 9.17) is 19.2 Å². The van der Waals surface area contributed by atoms with Gasteiger partial charge in [0, 0.05) is 78.0 Å². The molecule has 2 fully saturated rings. The van der Waals surface area contributed by atoms with E-state index < -0.39 is 40.0 Å². The SMILES string of the molecule is CCn1c(-c2cccnc2[C@H](C)OC)c2c3cc(ccc31)-c1cccc(c1)C[C@H](NC(=O)[C@@H](COC1CN(C(=O)C#CC(C)(C)O)C1)C(C)C)C(=O)N1CCC[C@@]([SiH3])(N1)C(=O)OCC(C)(C)C2. The number of amides is 3. The number of hydrazine groups is 1. The van der Waals surface area contributed by atoms with Crippen molar-refractivity contribution in [1.82, 2.24) is 30.2 Å². The fourth-order valence-corrected chi connectivity index (χ4v) is 10.1. The van der Waals surface area contributed by atoms with Gasteiger partial charge in [-0.3, -0.25) is 29.2 Å². The molecule has 3 aliphatic rings. The summed E-state index contributed by atoms with van der Waals surface area (Å²) in [6, 6.07) is 17.8. The lowest BCUT2D eigenvalue weighted by atomic mass is 9.84. The van der Waals surface area contributed by atoms with Crippen LogP contribution in [0.5, 0.6) is 0 Å². The van der Waals surface area contributed by atoms with Gasteiger partial charge in [-0.25, -0.2) is 5.43 Å². The van der Waals surface area contributed by atoms with Crippen LogP contribution < -0.4 is 10.7 Å². The molecular formula is C52H68N6O8Si. The van der Waals surface area contributed by atoms with Gasteiger partial charge in [0.1, 0.15) is 16.8 Å². The Labute approximate surface area is 397 Å². The number of likely N-dealkylation sites (tertiary alicyclic amines) is 1. The number of carbonyl (C=O) groups is 4. The number of fused-ring (bicyclic) bond motifs is 6. The fourth-order valence-electron chi connectivity index (χ4n) is 9.32. The molecule has 2 saturated heterocycles. The molecule has 4 aromatic rings. The van der Waals surface area contributed by atoms with E-state index >= 15 is 0 Å². The summed E-state index contributed by atoms with van der Waals surface area (Å²) in [5.74, 6) is 2.86. The summed E-state index contributed by atoms with van der Waals surface area (Å²) in [5, 5.41) is 14.6. The number of methoxy groups -OCH3 is 1. The number of hydrogen-bond donors (Lipinski definition) is 3. The molecule has 0 spiro atoms. The highest BCUT2D eigenvalue weighted by Gasteiger charge is 2.43. The molecule has 2 aromatic carbocycles. The lowest BCUT2D eigenvalue weighted by Crippen LogP contribution is -2.67. The number of nitrogens with zero attached hydrogens (tertiary/aromatic N) is 4. The lowest BCUT2D eigenvalue weighted by Gasteiger charge is -2.41. The van der Waals surface area contributed by atoms with Crippen LogP contribution in [0.4, 0.5) is 0 Å². The van der Waals surface area contributed by atoms with Crippen molar-refractivity contribution in [3.8, 4) is 34.2 Å². The van der Waals surface area contributed by atoms with Crippen molar-refractivity contribution in [2.45, 2.75) is 117 Å². The molecule has 3 amide bonds. The number of pyridine rings is 1. The molecule has 15 heteroatoms. The predicted octanol–water partition coefficient (Wildman–Crippen LogP) is 4.71. The molecule has 6 bridgehead atoms. The molecule has 7 rings (SSSR count). The van der Waals surface area contributed by atoms with Crippen LogP contribution in [-0.2, 0) is 52.8 Å². The number of rotatable bonds is 10. The quantitative estimate of drug-likeness (QED) is 0.115. The van der Waals surface area contributed by atoms with Crippen molar-refractivity contribution in [2.75, 3.05) is 40.0 Å². The summed E-state index contributed by atoms with van der Waals surface area (Å²) in [5.41, 5.74) is 9.48. The molecule has 0 saturated carbocycles. The second kappa shape index (κ2) is 20.1. The number of ether oxygens (including phenoxy) is 3. The van der Waals surface area contributed by atoms with E-state index in [-0.39, 0.29) is 49.6 Å². The van der Waals surface area contributed by atoms with E-state index in [0.717, 1.165) is 50.1 Å². The smallest absolute Gasteiger partial charge is 0.323 e. The minimum atomic E-state index is -1.28. The van der Waals surface area contributed by atoms with Gasteiger partial charge in [0.15, 0.2) is 0 Å². The summed E-state index contributed by atoms with van der Waals surface area (Å²) in [6.45, 7) is 17.3. The zero-order chi connectivity index (χ0) is 48.4. The van der Waals surface area contributed by atoms with Crippen molar-refractivity contribution in [3.63, 3.8) is 0 Å². The first kappa shape index (κ1) is 49.5. The van der Waals surface area contributed by atoms with Crippen LogP contribution in [0.1, 0.15) is 91.2 Å². The largest absolute Gasteiger partial charge is 0.464 e. The molecule has 2 aromatic heterocycles. The maximum atomic E-state index is 14.8. The minimum Gasteiger partial charge on any atom is -0.464 e. The number of aryl methyl sites for hydroxylation is 1. The van der Waals surface area contributed by atoms with Crippen LogP contribution in [0.2, 0.25) is 0 Å². The van der Waals surface area contributed by atoms with Crippen LogP contribution in [0.25, 0.3) is 33.3 Å². The Bertz CT molecular complexity index is 2570. The van der Waals surface area contributed by atoms with Gasteiger partial charge in [0.25, 0.3) is 11.8 Å². The Morgan fingerprint density at radius 2 is 1.84 bits per heavy atom. The fraction of sp³-hybridized carbons (Fsp3) is 0.519. The van der Waals surface area contributed by atoms with Crippen molar-refractivity contribution in [2.24, 2.45) is 17.3 Å². The van der Waals surface area contributed by atoms with Crippen LogP contribution in [0.15, 0.2) is 60.8 Å². The third kappa shape index (κ3) is 11.2. The third-order valence-corrected chi connectivity index (χ3v) is 14.4. The molecule has 0 radical (unpaired) electrons. The van der Waals surface area contributed by atoms with Crippen LogP contribution >= 0.6 is 0 Å². The Morgan fingerprint density at radius 3 is 2.54 bits per heavy atom. The van der Waals surface area contributed by atoms with Gasteiger partial charge >= 0.3 is 5.97 Å². The number of hydrogen-bond acceptors (Lipinski definition) is 10. The molecule has 0 unspecified atom stereocenters. The average molecular weight is 933 g/mol. The van der Waals surface area contributed by atoms with E-state index in [1.54, 1.807) is 18.2 Å². The zero-order valence-corrected chi connectivity index (χ0v) is 42.8. The summed E-state index contributed by atoms with van der Waals surface area (Å²) >= 11 is 0. The van der Waals surface area contributed by atoms with E-state index in [0.29, 0.717) is 55.7 Å². The van der Waals surface area contributed by atoms with Gasteiger partial charge in [-0.2, -0.15) is 0 Å². The monoisotopic (exact) mass is 932 g/mol. The van der Waals surface area contributed by atoms with Gasteiger partial charge in [-0.15, -0.1) is 0 Å². The highest BCUT2D eigenvalue weighted by atomic mass is 28.1. The number of carbonyl (C=O) groups excluding carboxylic acids is 4. The van der Waals surface area contributed by atoms with Crippen LogP contribution in [0, 0.1) is 29.1 Å². The second-order valence-corrected chi connectivity index (χ2v) is 22.1. The molecule has 4 atom stereocenters. The number of esters is 1. The van der Waals surface area contributed by atoms with Crippen molar-refractivity contribution < 1.29 is 38.5 Å². The van der Waals surface area contributed by atoms with Gasteiger partial charge in [-0.05, 0) is 105 Å². The first-order chi connectivity index (χ1) is 31.7. The van der Waals surface area contributed by atoms with E-state index in [9.17, 15) is 24.3 Å². The highest BCUT2D eigenvalue weighted by Crippen LogP contribution is 2.42. The van der Waals surface area contributed by atoms with Crippen molar-refractivity contribution >= 4 is 44.8 Å². The normalized spacial score (nSPS) is 21.2. The molecule has 358 valence electrons. The zero-order valence-electron chi connectivity index (χ0n) is 40.8. The van der Waals surface area contributed by atoms with E-state index in [1.165, 1.54) is 18.9 Å². The Kier molecular flexibility index (Phi) is 14.8. The maximum Gasteiger partial charge on any atom is 0.323 e. The number of nitrogens with one attached hydrogen (secondary N) is 2. The maximum absolute atomic E-state index is 14.8. The Hall–Kier alpha value is -5.37.